The van der Waals surface area contributed by atoms with Crippen molar-refractivity contribution in [3.8, 4) is 0 Å². The van der Waals surface area contributed by atoms with E-state index in [4.69, 9.17) is 16.6 Å². The molecule has 1 aromatic carbocycles. The normalized spacial score (nSPS) is 13.5. The molecule has 1 aliphatic rings. The summed E-state index contributed by atoms with van der Waals surface area (Å²) < 4.78 is 1.68. The van der Waals surface area contributed by atoms with Gasteiger partial charge in [-0.15, -0.1) is 11.3 Å². The van der Waals surface area contributed by atoms with Gasteiger partial charge in [-0.05, 0) is 62.4 Å². The monoisotopic (exact) mass is 433 g/mol. The zero-order valence-electron chi connectivity index (χ0n) is 15.5. The highest BCUT2D eigenvalue weighted by molar-refractivity contribution is 7.99. The number of amides is 1. The average molecular weight is 434 g/mol. The highest BCUT2D eigenvalue weighted by Crippen LogP contribution is 2.34. The Morgan fingerprint density at radius 1 is 1.29 bits per heavy atom. The molecule has 0 bridgehead atoms. The molecule has 146 valence electrons. The molecule has 1 N–H and O–H groups in total. The number of nitrogens with zero attached hydrogens (tertiary/aromatic N) is 2. The molecule has 0 spiro atoms. The summed E-state index contributed by atoms with van der Waals surface area (Å²) in [5, 5.41) is 4.85. The van der Waals surface area contributed by atoms with Gasteiger partial charge < -0.3 is 5.32 Å². The van der Waals surface area contributed by atoms with E-state index in [1.165, 1.54) is 28.6 Å². The second kappa shape index (κ2) is 8.27. The number of benzene rings is 1. The van der Waals surface area contributed by atoms with Gasteiger partial charge in [-0.1, -0.05) is 23.4 Å². The Bertz CT molecular complexity index is 1090. The van der Waals surface area contributed by atoms with Crippen LogP contribution in [-0.2, 0) is 24.2 Å². The Morgan fingerprint density at radius 3 is 2.79 bits per heavy atom. The molecule has 28 heavy (non-hydrogen) atoms. The van der Waals surface area contributed by atoms with Crippen molar-refractivity contribution >= 4 is 56.5 Å². The summed E-state index contributed by atoms with van der Waals surface area (Å²) in [6.45, 7) is 2.47. The Hall–Kier alpha value is -1.83. The van der Waals surface area contributed by atoms with Crippen LogP contribution in [0.4, 0.5) is 5.69 Å². The second-order valence-corrected chi connectivity index (χ2v) is 9.14. The Morgan fingerprint density at radius 2 is 2.04 bits per heavy atom. The molecule has 8 heteroatoms. The summed E-state index contributed by atoms with van der Waals surface area (Å²) in [6.07, 6.45) is 4.31. The zero-order valence-corrected chi connectivity index (χ0v) is 17.8. The minimum atomic E-state index is -0.144. The van der Waals surface area contributed by atoms with Gasteiger partial charge in [0.25, 0.3) is 5.56 Å². The highest BCUT2D eigenvalue weighted by atomic mass is 35.5. The first-order valence-electron chi connectivity index (χ1n) is 9.30. The summed E-state index contributed by atoms with van der Waals surface area (Å²) in [5.41, 5.74) is 1.91. The average Bonchev–Trinajstić information content (AvgIpc) is 3.07. The number of carbonyl (C=O) groups is 1. The number of hydrogen-bond acceptors (Lipinski definition) is 5. The summed E-state index contributed by atoms with van der Waals surface area (Å²) in [5.74, 6) is 0.0425. The first-order valence-corrected chi connectivity index (χ1v) is 11.5. The summed E-state index contributed by atoms with van der Waals surface area (Å²) in [6, 6.07) is 6.97. The van der Waals surface area contributed by atoms with Gasteiger partial charge in [0, 0.05) is 22.1 Å². The molecular weight excluding hydrogens is 414 g/mol. The van der Waals surface area contributed by atoms with E-state index in [0.29, 0.717) is 22.4 Å². The Labute approximate surface area is 176 Å². The zero-order chi connectivity index (χ0) is 19.7. The van der Waals surface area contributed by atoms with Gasteiger partial charge in [0.2, 0.25) is 5.91 Å². The van der Waals surface area contributed by atoms with E-state index < -0.39 is 0 Å². The minimum absolute atomic E-state index is 0.0208. The van der Waals surface area contributed by atoms with Crippen molar-refractivity contribution in [2.75, 3.05) is 11.1 Å². The summed E-state index contributed by atoms with van der Waals surface area (Å²) in [4.78, 5) is 32.2. The molecule has 2 heterocycles. The minimum Gasteiger partial charge on any atom is -0.325 e. The number of thiophene rings is 1. The van der Waals surface area contributed by atoms with E-state index in [-0.39, 0.29) is 17.2 Å². The molecule has 2 aromatic heterocycles. The van der Waals surface area contributed by atoms with E-state index in [2.05, 4.69) is 5.32 Å². The number of rotatable bonds is 5. The number of fused-ring (bicyclic) bond motifs is 3. The maximum atomic E-state index is 13.1. The fourth-order valence-electron chi connectivity index (χ4n) is 3.47. The second-order valence-electron chi connectivity index (χ2n) is 6.68. The van der Waals surface area contributed by atoms with Gasteiger partial charge in [-0.2, -0.15) is 0 Å². The van der Waals surface area contributed by atoms with E-state index in [1.807, 2.05) is 6.92 Å². The van der Waals surface area contributed by atoms with Crippen molar-refractivity contribution in [2.45, 2.75) is 44.3 Å². The van der Waals surface area contributed by atoms with E-state index >= 15 is 0 Å². The lowest BCUT2D eigenvalue weighted by Crippen LogP contribution is -2.24. The smallest absolute Gasteiger partial charge is 0.263 e. The SMILES string of the molecule is CCn1c(SCC(=O)Nc2ccc(Cl)cc2)nc2sc3c(c2c1=O)CCCC3. The third kappa shape index (κ3) is 3.83. The molecule has 0 unspecified atom stereocenters. The van der Waals surface area contributed by atoms with Crippen LogP contribution in [0.15, 0.2) is 34.2 Å². The molecule has 0 atom stereocenters. The van der Waals surface area contributed by atoms with Crippen LogP contribution in [0.3, 0.4) is 0 Å². The van der Waals surface area contributed by atoms with Crippen LogP contribution in [0.1, 0.15) is 30.2 Å². The molecule has 5 nitrogen and oxygen atoms in total. The number of aryl methyl sites for hydroxylation is 2. The lowest BCUT2D eigenvalue weighted by molar-refractivity contribution is -0.113. The van der Waals surface area contributed by atoms with Gasteiger partial charge >= 0.3 is 0 Å². The molecular formula is C20H20ClN3O2S2. The number of thioether (sulfide) groups is 1. The van der Waals surface area contributed by atoms with Gasteiger partial charge in [0.05, 0.1) is 11.1 Å². The lowest BCUT2D eigenvalue weighted by atomic mass is 9.97. The van der Waals surface area contributed by atoms with Crippen LogP contribution in [0.5, 0.6) is 0 Å². The van der Waals surface area contributed by atoms with E-state index in [1.54, 1.807) is 40.2 Å². The standard InChI is InChI=1S/C20H20ClN3O2S2/c1-2-24-19(26)17-14-5-3-4-6-15(14)28-18(17)23-20(24)27-11-16(25)22-13-9-7-12(21)8-10-13/h7-10H,2-6,11H2,1H3,(H,22,25). The first kappa shape index (κ1) is 19.5. The van der Waals surface area contributed by atoms with Gasteiger partial charge in [-0.3, -0.25) is 14.2 Å². The van der Waals surface area contributed by atoms with Crippen molar-refractivity contribution < 1.29 is 4.79 Å². The predicted molar refractivity (Wildman–Crippen MR) is 117 cm³/mol. The van der Waals surface area contributed by atoms with Crippen molar-refractivity contribution in [3.05, 3.63) is 50.1 Å². The van der Waals surface area contributed by atoms with Gasteiger partial charge in [0.15, 0.2) is 5.16 Å². The lowest BCUT2D eigenvalue weighted by Gasteiger charge is -2.12. The molecule has 4 rings (SSSR count). The highest BCUT2D eigenvalue weighted by Gasteiger charge is 2.22. The van der Waals surface area contributed by atoms with Crippen LogP contribution in [-0.4, -0.2) is 21.2 Å². The molecule has 1 aliphatic carbocycles. The topological polar surface area (TPSA) is 64.0 Å². The summed E-state index contributed by atoms with van der Waals surface area (Å²) in [7, 11) is 0. The van der Waals surface area contributed by atoms with Crippen molar-refractivity contribution in [3.63, 3.8) is 0 Å². The third-order valence-corrected chi connectivity index (χ3v) is 7.23. The number of anilines is 1. The molecule has 0 radical (unpaired) electrons. The molecule has 0 saturated heterocycles. The number of hydrogen-bond donors (Lipinski definition) is 1. The quantitative estimate of drug-likeness (QED) is 0.466. The predicted octanol–water partition coefficient (Wildman–Crippen LogP) is 4.74. The maximum absolute atomic E-state index is 13.1. The van der Waals surface area contributed by atoms with Crippen molar-refractivity contribution in [1.82, 2.24) is 9.55 Å². The van der Waals surface area contributed by atoms with Crippen molar-refractivity contribution in [2.24, 2.45) is 0 Å². The van der Waals surface area contributed by atoms with Gasteiger partial charge in [0.1, 0.15) is 4.83 Å². The summed E-state index contributed by atoms with van der Waals surface area (Å²) >= 11 is 8.80. The van der Waals surface area contributed by atoms with Crippen molar-refractivity contribution in [1.29, 1.82) is 0 Å². The molecule has 0 fully saturated rings. The van der Waals surface area contributed by atoms with Crippen LogP contribution in [0.2, 0.25) is 5.02 Å². The fourth-order valence-corrected chi connectivity index (χ4v) is 5.76. The number of halogens is 1. The molecule has 1 amide bonds. The number of carbonyl (C=O) groups excluding carboxylic acids is 1. The molecule has 0 saturated carbocycles. The Kier molecular flexibility index (Phi) is 5.75. The maximum Gasteiger partial charge on any atom is 0.263 e. The number of aromatic nitrogens is 2. The third-order valence-electron chi connectivity index (χ3n) is 4.82. The Balaban J connectivity index is 1.57. The first-order chi connectivity index (χ1) is 13.6. The van der Waals surface area contributed by atoms with Crippen LogP contribution < -0.4 is 10.9 Å². The molecule has 0 aliphatic heterocycles. The van der Waals surface area contributed by atoms with Crippen LogP contribution in [0.25, 0.3) is 10.2 Å². The fraction of sp³-hybridized carbons (Fsp3) is 0.350. The largest absolute Gasteiger partial charge is 0.325 e. The van der Waals surface area contributed by atoms with Crippen LogP contribution in [0, 0.1) is 0 Å². The van der Waals surface area contributed by atoms with Gasteiger partial charge in [-0.25, -0.2) is 4.98 Å². The number of nitrogens with one attached hydrogen (secondary N) is 1. The van der Waals surface area contributed by atoms with E-state index in [9.17, 15) is 9.59 Å². The van der Waals surface area contributed by atoms with Crippen LogP contribution >= 0.6 is 34.7 Å². The molecule has 3 aromatic rings. The van der Waals surface area contributed by atoms with E-state index in [0.717, 1.165) is 29.5 Å².